The van der Waals surface area contributed by atoms with Crippen LogP contribution in [0.4, 0.5) is 38.0 Å². The molecule has 0 atom stereocenters. The molecule has 0 fully saturated rings. The van der Waals surface area contributed by atoms with Crippen LogP contribution in [0.1, 0.15) is 11.3 Å². The van der Waals surface area contributed by atoms with E-state index in [1.807, 2.05) is 0 Å². The number of fused-ring (bicyclic) bond motifs is 1. The maximum absolute atomic E-state index is 13.1. The van der Waals surface area contributed by atoms with Crippen LogP contribution in [0.25, 0.3) is 10.9 Å². The number of benzene rings is 1. The van der Waals surface area contributed by atoms with Crippen molar-refractivity contribution in [1.82, 2.24) is 20.2 Å². The van der Waals surface area contributed by atoms with Crippen molar-refractivity contribution in [2.45, 2.75) is 12.4 Å². The summed E-state index contributed by atoms with van der Waals surface area (Å²) in [6, 6.07) is 3.61. The Morgan fingerprint density at radius 2 is 1.75 bits per heavy atom. The van der Waals surface area contributed by atoms with Gasteiger partial charge in [-0.1, -0.05) is 12.1 Å². The van der Waals surface area contributed by atoms with E-state index in [9.17, 15) is 26.3 Å². The second kappa shape index (κ2) is 5.35. The lowest BCUT2D eigenvalue weighted by Crippen LogP contribution is -2.12. The summed E-state index contributed by atoms with van der Waals surface area (Å²) in [6.45, 7) is 0. The standard InChI is InChI=1S/C13H7F6N5/c14-12(15,16)7-3-1-2-6-8(22-11-20-5-21-24-11)4-9(13(17,18)19)23-10(6)7/h1-5H,(H2,20,21,22,23,24). The SMILES string of the molecule is FC(F)(F)c1cc(Nc2ncn[nH]2)c2cccc(C(F)(F)F)c2n1. The highest BCUT2D eigenvalue weighted by Gasteiger charge is 2.37. The minimum absolute atomic E-state index is 0.0203. The number of alkyl halides is 6. The van der Waals surface area contributed by atoms with Gasteiger partial charge >= 0.3 is 12.4 Å². The molecule has 1 aromatic carbocycles. The molecule has 0 bridgehead atoms. The first-order chi connectivity index (χ1) is 11.2. The summed E-state index contributed by atoms with van der Waals surface area (Å²) >= 11 is 0. The third kappa shape index (κ3) is 2.96. The molecule has 2 aromatic heterocycles. The number of pyridine rings is 1. The Balaban J connectivity index is 2.29. The van der Waals surface area contributed by atoms with E-state index in [4.69, 9.17) is 0 Å². The maximum Gasteiger partial charge on any atom is 0.433 e. The predicted molar refractivity (Wildman–Crippen MR) is 71.4 cm³/mol. The molecule has 3 rings (SSSR count). The first-order valence-corrected chi connectivity index (χ1v) is 6.37. The number of hydrogen-bond acceptors (Lipinski definition) is 4. The second-order valence-corrected chi connectivity index (χ2v) is 4.71. The zero-order valence-electron chi connectivity index (χ0n) is 11.5. The van der Waals surface area contributed by atoms with Gasteiger partial charge in [0.25, 0.3) is 0 Å². The number of para-hydroxylation sites is 1. The summed E-state index contributed by atoms with van der Waals surface area (Å²) in [5, 5.41) is 8.22. The fourth-order valence-electron chi connectivity index (χ4n) is 2.12. The molecule has 126 valence electrons. The Morgan fingerprint density at radius 1 is 1.00 bits per heavy atom. The van der Waals surface area contributed by atoms with Gasteiger partial charge in [0.2, 0.25) is 5.95 Å². The molecule has 0 unspecified atom stereocenters. The summed E-state index contributed by atoms with van der Waals surface area (Å²) in [4.78, 5) is 6.85. The van der Waals surface area contributed by atoms with Crippen molar-refractivity contribution in [1.29, 1.82) is 0 Å². The lowest BCUT2D eigenvalue weighted by molar-refractivity contribution is -0.142. The van der Waals surface area contributed by atoms with Gasteiger partial charge in [0.05, 0.1) is 16.8 Å². The zero-order chi connectivity index (χ0) is 17.5. The smallest absolute Gasteiger partial charge is 0.324 e. The molecule has 0 saturated carbocycles. The highest BCUT2D eigenvalue weighted by Crippen LogP contribution is 2.39. The molecule has 0 aliphatic carbocycles. The molecule has 2 heterocycles. The minimum atomic E-state index is -4.91. The van der Waals surface area contributed by atoms with Crippen LogP contribution in [0.2, 0.25) is 0 Å². The lowest BCUT2D eigenvalue weighted by Gasteiger charge is -2.15. The van der Waals surface area contributed by atoms with E-state index in [0.29, 0.717) is 12.1 Å². The lowest BCUT2D eigenvalue weighted by atomic mass is 10.1. The van der Waals surface area contributed by atoms with Crippen molar-refractivity contribution in [3.8, 4) is 0 Å². The van der Waals surface area contributed by atoms with Crippen molar-refractivity contribution in [3.63, 3.8) is 0 Å². The number of aromatic nitrogens is 4. The second-order valence-electron chi connectivity index (χ2n) is 4.71. The van der Waals surface area contributed by atoms with E-state index >= 15 is 0 Å². The number of nitrogens with one attached hydrogen (secondary N) is 2. The average Bonchev–Trinajstić information content (AvgIpc) is 2.97. The van der Waals surface area contributed by atoms with Gasteiger partial charge < -0.3 is 5.32 Å². The summed E-state index contributed by atoms with van der Waals surface area (Å²) < 4.78 is 78.2. The summed E-state index contributed by atoms with van der Waals surface area (Å²) in [5.74, 6) is -0.0203. The van der Waals surface area contributed by atoms with Crippen LogP contribution < -0.4 is 5.32 Å². The van der Waals surface area contributed by atoms with Crippen LogP contribution in [0.15, 0.2) is 30.6 Å². The molecule has 3 aromatic rings. The molecule has 11 heteroatoms. The van der Waals surface area contributed by atoms with Crippen molar-refractivity contribution < 1.29 is 26.3 Å². The molecule has 5 nitrogen and oxygen atoms in total. The number of hydrogen-bond donors (Lipinski definition) is 2. The molecule has 0 radical (unpaired) electrons. The third-order valence-corrected chi connectivity index (χ3v) is 3.10. The Morgan fingerprint density at radius 3 is 2.33 bits per heavy atom. The van der Waals surface area contributed by atoms with E-state index in [0.717, 1.165) is 12.4 Å². The van der Waals surface area contributed by atoms with Crippen molar-refractivity contribution in [2.75, 3.05) is 5.32 Å². The summed E-state index contributed by atoms with van der Waals surface area (Å²) in [5.41, 5.74) is -3.74. The molecule has 0 aliphatic rings. The van der Waals surface area contributed by atoms with Crippen LogP contribution in [0.5, 0.6) is 0 Å². The van der Waals surface area contributed by atoms with E-state index < -0.39 is 29.1 Å². The summed E-state index contributed by atoms with van der Waals surface area (Å²) in [6.07, 6.45) is -8.66. The highest BCUT2D eigenvalue weighted by atomic mass is 19.4. The third-order valence-electron chi connectivity index (χ3n) is 3.10. The van der Waals surface area contributed by atoms with E-state index in [1.54, 1.807) is 0 Å². The van der Waals surface area contributed by atoms with Gasteiger partial charge in [-0.3, -0.25) is 0 Å². The fraction of sp³-hybridized carbons (Fsp3) is 0.154. The normalized spacial score (nSPS) is 12.6. The van der Waals surface area contributed by atoms with Crippen molar-refractivity contribution in [3.05, 3.63) is 41.9 Å². The van der Waals surface area contributed by atoms with Gasteiger partial charge in [-0.25, -0.2) is 10.1 Å². The Hall–Kier alpha value is -2.85. The van der Waals surface area contributed by atoms with Gasteiger partial charge in [-0.05, 0) is 12.1 Å². The Labute approximate surface area is 129 Å². The van der Waals surface area contributed by atoms with Gasteiger partial charge in [0.15, 0.2) is 0 Å². The number of aromatic amines is 1. The highest BCUT2D eigenvalue weighted by molar-refractivity contribution is 5.95. The number of anilines is 2. The van der Waals surface area contributed by atoms with Crippen LogP contribution in [-0.2, 0) is 12.4 Å². The quantitative estimate of drug-likeness (QED) is 0.684. The maximum atomic E-state index is 13.1. The molecule has 24 heavy (non-hydrogen) atoms. The van der Waals surface area contributed by atoms with Crippen molar-refractivity contribution in [2.24, 2.45) is 0 Å². The molecule has 0 saturated heterocycles. The Bertz CT molecular complexity index is 869. The monoisotopic (exact) mass is 347 g/mol. The number of nitrogens with zero attached hydrogens (tertiary/aromatic N) is 3. The Kier molecular flexibility index (Phi) is 3.57. The first-order valence-electron chi connectivity index (χ1n) is 6.37. The topological polar surface area (TPSA) is 66.5 Å². The fourth-order valence-corrected chi connectivity index (χ4v) is 2.12. The van der Waals surface area contributed by atoms with Gasteiger partial charge in [0, 0.05) is 5.39 Å². The predicted octanol–water partition coefficient (Wildman–Crippen LogP) is 4.13. The number of rotatable bonds is 2. The largest absolute Gasteiger partial charge is 0.433 e. The number of halogens is 6. The van der Waals surface area contributed by atoms with Crippen LogP contribution in [-0.4, -0.2) is 20.2 Å². The average molecular weight is 347 g/mol. The molecule has 2 N–H and O–H groups in total. The van der Waals surface area contributed by atoms with E-state index in [1.165, 1.54) is 6.07 Å². The van der Waals surface area contributed by atoms with Gasteiger partial charge in [0.1, 0.15) is 12.0 Å². The molecule has 0 spiro atoms. The number of H-pyrrole nitrogens is 1. The molecule has 0 amide bonds. The van der Waals surface area contributed by atoms with Crippen molar-refractivity contribution >= 4 is 22.5 Å². The molecular weight excluding hydrogens is 340 g/mol. The van der Waals surface area contributed by atoms with Crippen LogP contribution in [0, 0.1) is 0 Å². The van der Waals surface area contributed by atoms with Crippen LogP contribution in [0.3, 0.4) is 0 Å². The zero-order valence-corrected chi connectivity index (χ0v) is 11.5. The van der Waals surface area contributed by atoms with Crippen LogP contribution >= 0.6 is 0 Å². The summed E-state index contributed by atoms with van der Waals surface area (Å²) in [7, 11) is 0. The van der Waals surface area contributed by atoms with E-state index in [2.05, 4.69) is 25.5 Å². The molecule has 0 aliphatic heterocycles. The van der Waals surface area contributed by atoms with Gasteiger partial charge in [-0.2, -0.15) is 36.4 Å². The van der Waals surface area contributed by atoms with E-state index in [-0.39, 0.29) is 17.0 Å². The van der Waals surface area contributed by atoms with Gasteiger partial charge in [-0.15, -0.1) is 0 Å². The first kappa shape index (κ1) is 16.0. The molecular formula is C13H7F6N5. The minimum Gasteiger partial charge on any atom is -0.324 e.